The molecule has 7 nitrogen and oxygen atoms in total. The highest BCUT2D eigenvalue weighted by molar-refractivity contribution is 7.89. The molecule has 0 saturated heterocycles. The molecule has 1 N–H and O–H groups in total. The Bertz CT molecular complexity index is 645. The molecule has 0 spiro atoms. The van der Waals surface area contributed by atoms with E-state index >= 15 is 0 Å². The van der Waals surface area contributed by atoms with Crippen LogP contribution in [0, 0.1) is 0 Å². The van der Waals surface area contributed by atoms with Gasteiger partial charge in [0.25, 0.3) is 0 Å². The van der Waals surface area contributed by atoms with Gasteiger partial charge in [0.05, 0.1) is 11.4 Å². The molecule has 122 valence electrons. The summed E-state index contributed by atoms with van der Waals surface area (Å²) in [6.45, 7) is 0.894. The number of carbonyl (C=O) groups is 2. The van der Waals surface area contributed by atoms with Crippen molar-refractivity contribution in [2.24, 2.45) is 0 Å². The van der Waals surface area contributed by atoms with Gasteiger partial charge in [0.2, 0.25) is 15.9 Å². The van der Waals surface area contributed by atoms with E-state index in [0.717, 1.165) is 9.21 Å². The third kappa shape index (κ3) is 4.69. The van der Waals surface area contributed by atoms with Crippen LogP contribution in [0.4, 0.5) is 0 Å². The maximum atomic E-state index is 12.3. The second kappa shape index (κ2) is 7.57. The lowest BCUT2D eigenvalue weighted by Crippen LogP contribution is -2.43. The van der Waals surface area contributed by atoms with Crippen molar-refractivity contribution >= 4 is 33.5 Å². The number of nitrogens with zero attached hydrogens (tertiary/aromatic N) is 2. The fourth-order valence-corrected chi connectivity index (χ4v) is 2.95. The Morgan fingerprint density at radius 1 is 1.18 bits per heavy atom. The zero-order valence-corrected chi connectivity index (χ0v) is 13.8. The number of carbonyl (C=O) groups excluding carboxylic acids is 1. The number of halogens is 1. The first-order valence-corrected chi connectivity index (χ1v) is 8.21. The zero-order chi connectivity index (χ0) is 16.9. The van der Waals surface area contributed by atoms with E-state index in [1.165, 1.54) is 31.3 Å². The third-order valence-electron chi connectivity index (χ3n) is 2.94. The van der Waals surface area contributed by atoms with Crippen LogP contribution in [-0.2, 0) is 19.6 Å². The monoisotopic (exact) mass is 348 g/mol. The third-order valence-corrected chi connectivity index (χ3v) is 5.01. The Kier molecular flexibility index (Phi) is 6.34. The minimum atomic E-state index is -3.84. The minimum Gasteiger partial charge on any atom is -0.480 e. The van der Waals surface area contributed by atoms with Crippen LogP contribution in [0.15, 0.2) is 29.2 Å². The molecule has 0 aromatic heterocycles. The lowest BCUT2D eigenvalue weighted by Gasteiger charge is -2.22. The van der Waals surface area contributed by atoms with Crippen molar-refractivity contribution in [2.75, 3.05) is 26.7 Å². The van der Waals surface area contributed by atoms with E-state index in [1.54, 1.807) is 6.92 Å². The molecule has 22 heavy (non-hydrogen) atoms. The van der Waals surface area contributed by atoms with Crippen LogP contribution in [0.25, 0.3) is 0 Å². The molecule has 0 fully saturated rings. The Balaban J connectivity index is 2.86. The second-order valence-electron chi connectivity index (χ2n) is 4.52. The summed E-state index contributed by atoms with van der Waals surface area (Å²) in [4.78, 5) is 23.7. The normalized spacial score (nSPS) is 11.5. The number of benzene rings is 1. The lowest BCUT2D eigenvalue weighted by atomic mass is 10.4. The number of sulfonamides is 1. The van der Waals surface area contributed by atoms with Crippen LogP contribution < -0.4 is 0 Å². The van der Waals surface area contributed by atoms with Crippen molar-refractivity contribution in [3.8, 4) is 0 Å². The topological polar surface area (TPSA) is 95.0 Å². The highest BCUT2D eigenvalue weighted by Gasteiger charge is 2.25. The van der Waals surface area contributed by atoms with Crippen molar-refractivity contribution in [1.82, 2.24) is 9.21 Å². The summed E-state index contributed by atoms with van der Waals surface area (Å²) in [5.41, 5.74) is 0. The molecule has 0 aliphatic carbocycles. The Morgan fingerprint density at radius 3 is 2.18 bits per heavy atom. The van der Waals surface area contributed by atoms with Gasteiger partial charge in [0.1, 0.15) is 6.54 Å². The van der Waals surface area contributed by atoms with Gasteiger partial charge in [0.15, 0.2) is 0 Å². The molecule has 0 radical (unpaired) electrons. The molecule has 1 aromatic rings. The van der Waals surface area contributed by atoms with Gasteiger partial charge in [-0.15, -0.1) is 0 Å². The zero-order valence-electron chi connectivity index (χ0n) is 12.2. The van der Waals surface area contributed by atoms with Crippen LogP contribution in [0.5, 0.6) is 0 Å². The first kappa shape index (κ1) is 18.4. The SMILES string of the molecule is CCN(CC(=O)O)C(=O)CN(C)S(=O)(=O)c1ccc(Cl)cc1. The van der Waals surface area contributed by atoms with Gasteiger partial charge in [-0.3, -0.25) is 9.59 Å². The molecule has 0 atom stereocenters. The van der Waals surface area contributed by atoms with E-state index in [9.17, 15) is 18.0 Å². The summed E-state index contributed by atoms with van der Waals surface area (Å²) in [5.74, 6) is -1.73. The predicted molar refractivity (Wildman–Crippen MR) is 81.2 cm³/mol. The summed E-state index contributed by atoms with van der Waals surface area (Å²) < 4.78 is 25.5. The fourth-order valence-electron chi connectivity index (χ4n) is 1.70. The first-order chi connectivity index (χ1) is 10.2. The summed E-state index contributed by atoms with van der Waals surface area (Å²) in [7, 11) is -2.58. The molecule has 0 aliphatic rings. The lowest BCUT2D eigenvalue weighted by molar-refractivity contribution is -0.144. The van der Waals surface area contributed by atoms with Crippen LogP contribution in [0.2, 0.25) is 5.02 Å². The van der Waals surface area contributed by atoms with E-state index in [1.807, 2.05) is 0 Å². The van der Waals surface area contributed by atoms with Crippen molar-refractivity contribution < 1.29 is 23.1 Å². The fraction of sp³-hybridized carbons (Fsp3) is 0.385. The van der Waals surface area contributed by atoms with Gasteiger partial charge in [0, 0.05) is 18.6 Å². The average Bonchev–Trinajstić information content (AvgIpc) is 2.44. The van der Waals surface area contributed by atoms with Crippen molar-refractivity contribution in [2.45, 2.75) is 11.8 Å². The molecule has 1 aromatic carbocycles. The summed E-state index contributed by atoms with van der Waals surface area (Å²) in [6.07, 6.45) is 0. The van der Waals surface area contributed by atoms with Crippen LogP contribution >= 0.6 is 11.6 Å². The van der Waals surface area contributed by atoms with Gasteiger partial charge in [-0.1, -0.05) is 11.6 Å². The molecule has 0 saturated carbocycles. The van der Waals surface area contributed by atoms with Gasteiger partial charge >= 0.3 is 5.97 Å². The predicted octanol–water partition coefficient (Wildman–Crippen LogP) is 0.894. The van der Waals surface area contributed by atoms with E-state index < -0.39 is 35.0 Å². The van der Waals surface area contributed by atoms with Crippen LogP contribution in [0.3, 0.4) is 0 Å². The molecular formula is C13H17ClN2O5S. The highest BCUT2D eigenvalue weighted by Crippen LogP contribution is 2.17. The van der Waals surface area contributed by atoms with Gasteiger partial charge in [-0.25, -0.2) is 8.42 Å². The maximum Gasteiger partial charge on any atom is 0.323 e. The molecule has 0 bridgehead atoms. The summed E-state index contributed by atoms with van der Waals surface area (Å²) in [6, 6.07) is 5.56. The van der Waals surface area contributed by atoms with E-state index in [4.69, 9.17) is 16.7 Å². The van der Waals surface area contributed by atoms with Crippen molar-refractivity contribution in [3.05, 3.63) is 29.3 Å². The maximum absolute atomic E-state index is 12.3. The first-order valence-electron chi connectivity index (χ1n) is 6.40. The molecule has 1 rings (SSSR count). The highest BCUT2D eigenvalue weighted by atomic mass is 35.5. The van der Waals surface area contributed by atoms with Crippen LogP contribution in [-0.4, -0.2) is 61.3 Å². The number of hydrogen-bond donors (Lipinski definition) is 1. The number of likely N-dealkylation sites (N-methyl/N-ethyl adjacent to an activating group) is 2. The molecule has 0 unspecified atom stereocenters. The summed E-state index contributed by atoms with van der Waals surface area (Å²) in [5, 5.41) is 9.12. The number of hydrogen-bond acceptors (Lipinski definition) is 4. The standard InChI is InChI=1S/C13H17ClN2O5S/c1-3-16(9-13(18)19)12(17)8-15(2)22(20,21)11-6-4-10(14)5-7-11/h4-7H,3,8-9H2,1-2H3,(H,18,19). The number of rotatable bonds is 7. The largest absolute Gasteiger partial charge is 0.480 e. The van der Waals surface area contributed by atoms with E-state index in [-0.39, 0.29) is 11.4 Å². The van der Waals surface area contributed by atoms with E-state index in [2.05, 4.69) is 0 Å². The molecule has 0 aliphatic heterocycles. The van der Waals surface area contributed by atoms with Gasteiger partial charge in [-0.05, 0) is 31.2 Å². The van der Waals surface area contributed by atoms with Gasteiger partial charge in [-0.2, -0.15) is 4.31 Å². The Morgan fingerprint density at radius 2 is 1.73 bits per heavy atom. The number of amides is 1. The minimum absolute atomic E-state index is 0.00785. The molecular weight excluding hydrogens is 332 g/mol. The van der Waals surface area contributed by atoms with E-state index in [0.29, 0.717) is 5.02 Å². The Labute approximate surface area is 134 Å². The number of carboxylic acid groups (broad SMARTS) is 1. The second-order valence-corrected chi connectivity index (χ2v) is 7.00. The number of carboxylic acids is 1. The smallest absolute Gasteiger partial charge is 0.323 e. The van der Waals surface area contributed by atoms with Gasteiger partial charge < -0.3 is 10.0 Å². The average molecular weight is 349 g/mol. The number of aliphatic carboxylic acids is 1. The van der Waals surface area contributed by atoms with Crippen molar-refractivity contribution in [1.29, 1.82) is 0 Å². The van der Waals surface area contributed by atoms with Crippen LogP contribution in [0.1, 0.15) is 6.92 Å². The quantitative estimate of drug-likeness (QED) is 0.789. The van der Waals surface area contributed by atoms with Crippen molar-refractivity contribution in [3.63, 3.8) is 0 Å². The molecule has 9 heteroatoms. The molecule has 1 amide bonds. The Hall–Kier alpha value is -1.64. The molecule has 0 heterocycles. The summed E-state index contributed by atoms with van der Waals surface area (Å²) >= 11 is 5.71.